The molecule has 0 atom stereocenters. The summed E-state index contributed by atoms with van der Waals surface area (Å²) in [5.41, 5.74) is 0.397. The van der Waals surface area contributed by atoms with Gasteiger partial charge in [0.05, 0.1) is 6.61 Å². The second-order valence-corrected chi connectivity index (χ2v) is 3.91. The zero-order valence-corrected chi connectivity index (χ0v) is 10.1. The van der Waals surface area contributed by atoms with Crippen LogP contribution in [0.3, 0.4) is 0 Å². The van der Waals surface area contributed by atoms with Crippen LogP contribution in [-0.2, 0) is 6.42 Å². The normalized spacial score (nSPS) is 9.95. The quantitative estimate of drug-likeness (QED) is 0.842. The van der Waals surface area contributed by atoms with E-state index in [1.807, 2.05) is 0 Å². The van der Waals surface area contributed by atoms with E-state index >= 15 is 0 Å². The molecule has 2 aromatic rings. The van der Waals surface area contributed by atoms with Crippen LogP contribution in [0.25, 0.3) is 0 Å². The molecule has 0 saturated carbocycles. The molecule has 19 heavy (non-hydrogen) atoms. The number of rotatable bonds is 4. The largest absolute Gasteiger partial charge is 0.492 e. The van der Waals surface area contributed by atoms with E-state index in [4.69, 9.17) is 10.00 Å². The Balaban J connectivity index is 2.03. The molecule has 2 nitrogen and oxygen atoms in total. The summed E-state index contributed by atoms with van der Waals surface area (Å²) in [5, 5.41) is 8.83. The molecule has 2 rings (SSSR count). The molecule has 0 fully saturated rings. The average molecular weight is 259 g/mol. The molecule has 2 aromatic carbocycles. The lowest BCUT2D eigenvalue weighted by molar-refractivity contribution is 0.317. The Kier molecular flexibility index (Phi) is 4.09. The molecule has 0 spiro atoms. The van der Waals surface area contributed by atoms with Crippen molar-refractivity contribution in [2.45, 2.75) is 6.42 Å². The van der Waals surface area contributed by atoms with Gasteiger partial charge in [0.2, 0.25) is 0 Å². The van der Waals surface area contributed by atoms with E-state index in [0.717, 1.165) is 0 Å². The number of ether oxygens (including phenoxy) is 1. The van der Waals surface area contributed by atoms with Crippen molar-refractivity contribution >= 4 is 0 Å². The Hall–Kier alpha value is -2.41. The Morgan fingerprint density at radius 1 is 1.00 bits per heavy atom. The molecule has 0 N–H and O–H groups in total. The molecule has 0 unspecified atom stereocenters. The van der Waals surface area contributed by atoms with Gasteiger partial charge in [0.15, 0.2) is 0 Å². The van der Waals surface area contributed by atoms with Gasteiger partial charge in [0, 0.05) is 6.42 Å². The minimum atomic E-state index is -0.620. The van der Waals surface area contributed by atoms with E-state index in [1.165, 1.54) is 24.3 Å². The fraction of sp³-hybridized carbons (Fsp3) is 0.133. The van der Waals surface area contributed by atoms with Crippen molar-refractivity contribution in [1.82, 2.24) is 0 Å². The maximum Gasteiger partial charge on any atom is 0.144 e. The van der Waals surface area contributed by atoms with Gasteiger partial charge in [-0.15, -0.1) is 0 Å². The smallest absolute Gasteiger partial charge is 0.144 e. The standard InChI is InChI=1S/C15H11F2NO/c16-13-5-2-1-4-11(13)8-9-19-15-7-3-6-14(17)12(15)10-18/h1-7H,8-9H2. The zero-order valence-electron chi connectivity index (χ0n) is 10.1. The molecule has 0 aliphatic rings. The van der Waals surface area contributed by atoms with E-state index in [9.17, 15) is 8.78 Å². The van der Waals surface area contributed by atoms with E-state index in [2.05, 4.69) is 0 Å². The van der Waals surface area contributed by atoms with E-state index in [1.54, 1.807) is 24.3 Å². The monoisotopic (exact) mass is 259 g/mol. The topological polar surface area (TPSA) is 33.0 Å². The molecule has 4 heteroatoms. The van der Waals surface area contributed by atoms with Crippen molar-refractivity contribution in [3.05, 3.63) is 65.2 Å². The van der Waals surface area contributed by atoms with Crippen molar-refractivity contribution in [2.24, 2.45) is 0 Å². The molecule has 0 amide bonds. The Labute approximate surface area is 109 Å². The van der Waals surface area contributed by atoms with Crippen LogP contribution in [0.15, 0.2) is 42.5 Å². The number of halogens is 2. The summed E-state index contributed by atoms with van der Waals surface area (Å²) in [6.07, 6.45) is 0.355. The first-order valence-electron chi connectivity index (χ1n) is 5.77. The number of hydrogen-bond acceptors (Lipinski definition) is 2. The third-order valence-electron chi connectivity index (χ3n) is 2.67. The molecule has 0 aliphatic heterocycles. The first kappa shape index (κ1) is 13.0. The fourth-order valence-corrected chi connectivity index (χ4v) is 1.71. The molecule has 0 bridgehead atoms. The minimum absolute atomic E-state index is 0.129. The molecule has 0 aliphatic carbocycles. The lowest BCUT2D eigenvalue weighted by Crippen LogP contribution is -2.04. The highest BCUT2D eigenvalue weighted by atomic mass is 19.1. The maximum absolute atomic E-state index is 13.4. The predicted octanol–water partition coefficient (Wildman–Crippen LogP) is 3.46. The lowest BCUT2D eigenvalue weighted by atomic mass is 10.1. The minimum Gasteiger partial charge on any atom is -0.492 e. The van der Waals surface area contributed by atoms with Crippen molar-refractivity contribution in [1.29, 1.82) is 5.26 Å². The Bertz CT molecular complexity index is 620. The van der Waals surface area contributed by atoms with Crippen molar-refractivity contribution in [2.75, 3.05) is 6.61 Å². The van der Waals surface area contributed by atoms with Crippen LogP contribution in [0.1, 0.15) is 11.1 Å². The second-order valence-electron chi connectivity index (χ2n) is 3.91. The summed E-state index contributed by atoms with van der Waals surface area (Å²) in [4.78, 5) is 0. The number of hydrogen-bond donors (Lipinski definition) is 0. The second kappa shape index (κ2) is 5.96. The van der Waals surface area contributed by atoms with Crippen LogP contribution in [-0.4, -0.2) is 6.61 Å². The number of nitriles is 1. The molecular weight excluding hydrogens is 248 g/mol. The van der Waals surface area contributed by atoms with Crippen LogP contribution in [0.2, 0.25) is 0 Å². The van der Waals surface area contributed by atoms with Crippen molar-refractivity contribution in [3.8, 4) is 11.8 Å². The molecule has 0 radical (unpaired) electrons. The summed E-state index contributed by atoms with van der Waals surface area (Å²) < 4.78 is 32.0. The third-order valence-corrected chi connectivity index (χ3v) is 2.67. The third kappa shape index (κ3) is 3.08. The average Bonchev–Trinajstić information content (AvgIpc) is 2.41. The molecular formula is C15H11F2NO. The Morgan fingerprint density at radius 2 is 1.74 bits per heavy atom. The zero-order chi connectivity index (χ0) is 13.7. The first-order chi connectivity index (χ1) is 9.22. The highest BCUT2D eigenvalue weighted by Gasteiger charge is 2.09. The van der Waals surface area contributed by atoms with Gasteiger partial charge in [-0.25, -0.2) is 8.78 Å². The van der Waals surface area contributed by atoms with E-state index in [-0.39, 0.29) is 23.7 Å². The van der Waals surface area contributed by atoms with Gasteiger partial charge in [0.25, 0.3) is 0 Å². The molecule has 96 valence electrons. The van der Waals surface area contributed by atoms with Gasteiger partial charge >= 0.3 is 0 Å². The summed E-state index contributed by atoms with van der Waals surface area (Å²) in [7, 11) is 0. The van der Waals surface area contributed by atoms with Crippen molar-refractivity contribution < 1.29 is 13.5 Å². The molecule has 0 aromatic heterocycles. The van der Waals surface area contributed by atoms with Gasteiger partial charge < -0.3 is 4.74 Å². The number of benzene rings is 2. The first-order valence-corrected chi connectivity index (χ1v) is 5.77. The van der Waals surface area contributed by atoms with Crippen LogP contribution in [0.5, 0.6) is 5.75 Å². The predicted molar refractivity (Wildman–Crippen MR) is 66.7 cm³/mol. The van der Waals surface area contributed by atoms with Gasteiger partial charge in [-0.3, -0.25) is 0 Å². The SMILES string of the molecule is N#Cc1c(F)cccc1OCCc1ccccc1F. The summed E-state index contributed by atoms with van der Waals surface area (Å²) in [6.45, 7) is 0.180. The van der Waals surface area contributed by atoms with Crippen LogP contribution >= 0.6 is 0 Å². The van der Waals surface area contributed by atoms with Gasteiger partial charge in [0.1, 0.15) is 29.0 Å². The van der Waals surface area contributed by atoms with Crippen LogP contribution < -0.4 is 4.74 Å². The summed E-state index contributed by atoms with van der Waals surface area (Å²) >= 11 is 0. The number of nitrogens with zero attached hydrogens (tertiary/aromatic N) is 1. The van der Waals surface area contributed by atoms with Gasteiger partial charge in [-0.05, 0) is 23.8 Å². The van der Waals surface area contributed by atoms with Crippen molar-refractivity contribution in [3.63, 3.8) is 0 Å². The van der Waals surface area contributed by atoms with Gasteiger partial charge in [-0.2, -0.15) is 5.26 Å². The Morgan fingerprint density at radius 3 is 2.47 bits per heavy atom. The lowest BCUT2D eigenvalue weighted by Gasteiger charge is -2.08. The van der Waals surface area contributed by atoms with E-state index < -0.39 is 5.82 Å². The van der Waals surface area contributed by atoms with Gasteiger partial charge in [-0.1, -0.05) is 24.3 Å². The van der Waals surface area contributed by atoms with Crippen LogP contribution in [0, 0.1) is 23.0 Å². The maximum atomic E-state index is 13.4. The fourth-order valence-electron chi connectivity index (χ4n) is 1.71. The summed E-state index contributed by atoms with van der Waals surface area (Å²) in [6, 6.07) is 12.3. The highest BCUT2D eigenvalue weighted by molar-refractivity contribution is 5.43. The molecule has 0 heterocycles. The molecule has 0 saturated heterocycles. The van der Waals surface area contributed by atoms with E-state index in [0.29, 0.717) is 12.0 Å². The summed E-state index contributed by atoms with van der Waals surface area (Å²) in [5.74, 6) is -0.740. The van der Waals surface area contributed by atoms with Crippen LogP contribution in [0.4, 0.5) is 8.78 Å². The highest BCUT2D eigenvalue weighted by Crippen LogP contribution is 2.20.